The van der Waals surface area contributed by atoms with Crippen LogP contribution in [0.25, 0.3) is 0 Å². The third-order valence-electron chi connectivity index (χ3n) is 3.99. The average molecular weight is 254 g/mol. The highest BCUT2D eigenvalue weighted by atomic mass is 16.3. The molecule has 0 saturated carbocycles. The van der Waals surface area contributed by atoms with Crippen LogP contribution in [0.15, 0.2) is 30.3 Å². The number of aryl methyl sites for hydroxylation is 5. The maximum absolute atomic E-state index is 10.7. The molecule has 0 aliphatic carbocycles. The van der Waals surface area contributed by atoms with E-state index in [9.17, 15) is 5.11 Å². The molecule has 19 heavy (non-hydrogen) atoms. The molecule has 0 aliphatic heterocycles. The summed E-state index contributed by atoms with van der Waals surface area (Å²) in [4.78, 5) is 0. The summed E-state index contributed by atoms with van der Waals surface area (Å²) in [6.07, 6.45) is -0.541. The van der Waals surface area contributed by atoms with Gasteiger partial charge in [-0.25, -0.2) is 0 Å². The van der Waals surface area contributed by atoms with Gasteiger partial charge in [-0.1, -0.05) is 30.3 Å². The van der Waals surface area contributed by atoms with E-state index in [-0.39, 0.29) is 0 Å². The summed E-state index contributed by atoms with van der Waals surface area (Å²) in [6, 6.07) is 10.4. The zero-order valence-electron chi connectivity index (χ0n) is 12.4. The van der Waals surface area contributed by atoms with Crippen LogP contribution in [0.1, 0.15) is 45.0 Å². The number of aliphatic hydroxyl groups excluding tert-OH is 1. The molecule has 2 aromatic rings. The van der Waals surface area contributed by atoms with Crippen LogP contribution in [-0.2, 0) is 0 Å². The van der Waals surface area contributed by atoms with Crippen LogP contribution < -0.4 is 0 Å². The molecule has 1 nitrogen and oxygen atoms in total. The minimum Gasteiger partial charge on any atom is -0.384 e. The van der Waals surface area contributed by atoms with Crippen LogP contribution in [-0.4, -0.2) is 5.11 Å². The first-order chi connectivity index (χ1) is 8.91. The van der Waals surface area contributed by atoms with E-state index in [1.165, 1.54) is 11.1 Å². The molecule has 0 aromatic heterocycles. The second-order valence-corrected chi connectivity index (χ2v) is 5.50. The first kappa shape index (κ1) is 13.8. The van der Waals surface area contributed by atoms with Crippen LogP contribution in [0.2, 0.25) is 0 Å². The van der Waals surface area contributed by atoms with Gasteiger partial charge in [-0.05, 0) is 73.6 Å². The van der Waals surface area contributed by atoms with Gasteiger partial charge in [0.25, 0.3) is 0 Å². The van der Waals surface area contributed by atoms with Gasteiger partial charge in [-0.15, -0.1) is 0 Å². The van der Waals surface area contributed by atoms with Crippen molar-refractivity contribution in [1.29, 1.82) is 0 Å². The van der Waals surface area contributed by atoms with Gasteiger partial charge in [0, 0.05) is 0 Å². The standard InChI is InChI=1S/C18H22O/c1-11-7-6-8-12(2)17(11)18(19)16-10-14(4)13(3)9-15(16)5/h6-10,18-19H,1-5H3. The molecule has 0 radical (unpaired) electrons. The summed E-state index contributed by atoms with van der Waals surface area (Å²) in [5.41, 5.74) is 7.99. The highest BCUT2D eigenvalue weighted by molar-refractivity contribution is 5.45. The Bertz CT molecular complexity index is 591. The lowest BCUT2D eigenvalue weighted by Crippen LogP contribution is -2.07. The molecular formula is C18H22O. The molecule has 0 heterocycles. The van der Waals surface area contributed by atoms with Crippen LogP contribution in [0, 0.1) is 34.6 Å². The van der Waals surface area contributed by atoms with Crippen molar-refractivity contribution in [1.82, 2.24) is 0 Å². The Morgan fingerprint density at radius 2 is 1.26 bits per heavy atom. The van der Waals surface area contributed by atoms with Crippen molar-refractivity contribution in [2.45, 2.75) is 40.7 Å². The first-order valence-corrected chi connectivity index (χ1v) is 6.73. The fourth-order valence-electron chi connectivity index (χ4n) is 2.69. The molecule has 0 bridgehead atoms. The quantitative estimate of drug-likeness (QED) is 0.846. The summed E-state index contributed by atoms with van der Waals surface area (Å²) in [6.45, 7) is 10.4. The second-order valence-electron chi connectivity index (χ2n) is 5.50. The predicted molar refractivity (Wildman–Crippen MR) is 80.6 cm³/mol. The lowest BCUT2D eigenvalue weighted by molar-refractivity contribution is 0.218. The zero-order valence-corrected chi connectivity index (χ0v) is 12.4. The number of aliphatic hydroxyl groups is 1. The fraction of sp³-hybridized carbons (Fsp3) is 0.333. The topological polar surface area (TPSA) is 20.2 Å². The highest BCUT2D eigenvalue weighted by Gasteiger charge is 2.17. The predicted octanol–water partition coefficient (Wildman–Crippen LogP) is 4.31. The molecule has 2 rings (SSSR count). The van der Waals surface area contributed by atoms with Gasteiger partial charge >= 0.3 is 0 Å². The van der Waals surface area contributed by atoms with Crippen molar-refractivity contribution in [3.8, 4) is 0 Å². The van der Waals surface area contributed by atoms with Gasteiger partial charge < -0.3 is 5.11 Å². The van der Waals surface area contributed by atoms with Gasteiger partial charge in [0.15, 0.2) is 0 Å². The minimum absolute atomic E-state index is 0.541. The van der Waals surface area contributed by atoms with Crippen LogP contribution in [0.3, 0.4) is 0 Å². The van der Waals surface area contributed by atoms with Gasteiger partial charge in [0.2, 0.25) is 0 Å². The van der Waals surface area contributed by atoms with E-state index < -0.39 is 6.10 Å². The van der Waals surface area contributed by atoms with Crippen molar-refractivity contribution in [2.75, 3.05) is 0 Å². The van der Waals surface area contributed by atoms with E-state index in [4.69, 9.17) is 0 Å². The van der Waals surface area contributed by atoms with Crippen molar-refractivity contribution in [2.24, 2.45) is 0 Å². The Morgan fingerprint density at radius 1 is 0.737 bits per heavy atom. The van der Waals surface area contributed by atoms with E-state index in [1.807, 2.05) is 6.07 Å². The summed E-state index contributed by atoms with van der Waals surface area (Å²) >= 11 is 0. The third-order valence-corrected chi connectivity index (χ3v) is 3.99. The molecule has 1 unspecified atom stereocenters. The van der Waals surface area contributed by atoms with Gasteiger partial charge in [0.1, 0.15) is 6.10 Å². The summed E-state index contributed by atoms with van der Waals surface area (Å²) < 4.78 is 0. The normalized spacial score (nSPS) is 12.5. The SMILES string of the molecule is Cc1cc(C)c(C(O)c2c(C)cccc2C)cc1C. The summed E-state index contributed by atoms with van der Waals surface area (Å²) in [5, 5.41) is 10.7. The molecule has 0 spiro atoms. The Hall–Kier alpha value is -1.60. The lowest BCUT2D eigenvalue weighted by Gasteiger charge is -2.20. The first-order valence-electron chi connectivity index (χ1n) is 6.73. The molecule has 100 valence electrons. The summed E-state index contributed by atoms with van der Waals surface area (Å²) in [5.74, 6) is 0. The molecule has 0 amide bonds. The Balaban J connectivity index is 2.56. The molecule has 1 N–H and O–H groups in total. The molecule has 1 heteroatoms. The van der Waals surface area contributed by atoms with Crippen LogP contribution in [0.5, 0.6) is 0 Å². The Labute approximate surface area is 115 Å². The Kier molecular flexibility index (Phi) is 3.77. The van der Waals surface area contributed by atoms with Crippen molar-refractivity contribution < 1.29 is 5.11 Å². The van der Waals surface area contributed by atoms with E-state index >= 15 is 0 Å². The maximum Gasteiger partial charge on any atom is 0.105 e. The van der Waals surface area contributed by atoms with E-state index in [2.05, 4.69) is 58.9 Å². The maximum atomic E-state index is 10.7. The van der Waals surface area contributed by atoms with E-state index in [0.717, 1.165) is 27.8 Å². The van der Waals surface area contributed by atoms with Gasteiger partial charge in [0.05, 0.1) is 0 Å². The van der Waals surface area contributed by atoms with E-state index in [0.29, 0.717) is 0 Å². The minimum atomic E-state index is -0.541. The highest BCUT2D eigenvalue weighted by Crippen LogP contribution is 2.30. The number of hydrogen-bond acceptors (Lipinski definition) is 1. The van der Waals surface area contributed by atoms with Crippen LogP contribution >= 0.6 is 0 Å². The second kappa shape index (κ2) is 5.18. The van der Waals surface area contributed by atoms with E-state index in [1.54, 1.807) is 0 Å². The number of benzene rings is 2. The van der Waals surface area contributed by atoms with Crippen molar-refractivity contribution >= 4 is 0 Å². The van der Waals surface area contributed by atoms with Crippen molar-refractivity contribution in [3.63, 3.8) is 0 Å². The molecular weight excluding hydrogens is 232 g/mol. The molecule has 1 atom stereocenters. The number of hydrogen-bond donors (Lipinski definition) is 1. The van der Waals surface area contributed by atoms with Crippen LogP contribution in [0.4, 0.5) is 0 Å². The monoisotopic (exact) mass is 254 g/mol. The van der Waals surface area contributed by atoms with Gasteiger partial charge in [-0.3, -0.25) is 0 Å². The largest absolute Gasteiger partial charge is 0.384 e. The zero-order chi connectivity index (χ0) is 14.2. The molecule has 0 fully saturated rings. The fourth-order valence-corrected chi connectivity index (χ4v) is 2.69. The Morgan fingerprint density at radius 3 is 1.84 bits per heavy atom. The molecule has 0 aliphatic rings. The smallest absolute Gasteiger partial charge is 0.105 e. The molecule has 0 saturated heterocycles. The van der Waals surface area contributed by atoms with Crippen molar-refractivity contribution in [3.05, 3.63) is 69.3 Å². The number of rotatable bonds is 2. The lowest BCUT2D eigenvalue weighted by atomic mass is 9.89. The third kappa shape index (κ3) is 2.57. The average Bonchev–Trinajstić information content (AvgIpc) is 2.33. The van der Waals surface area contributed by atoms with Gasteiger partial charge in [-0.2, -0.15) is 0 Å². The summed E-state index contributed by atoms with van der Waals surface area (Å²) in [7, 11) is 0. The molecule has 2 aromatic carbocycles.